The molecule has 8 unspecified atom stereocenters. The van der Waals surface area contributed by atoms with Crippen molar-refractivity contribution in [2.24, 2.45) is 63.6 Å². The first-order valence-corrected chi connectivity index (χ1v) is 22.0. The van der Waals surface area contributed by atoms with E-state index in [0.717, 1.165) is 62.7 Å². The summed E-state index contributed by atoms with van der Waals surface area (Å²) in [7, 11) is -5.73. The number of fused-ring (bicyclic) bond motifs is 6. The van der Waals surface area contributed by atoms with E-state index < -0.39 is 50.5 Å². The molecule has 7 rings (SSSR count). The van der Waals surface area contributed by atoms with Gasteiger partial charge in [-0.3, -0.25) is 14.1 Å². The normalized spacial score (nSPS) is 43.1. The zero-order valence-electron chi connectivity index (χ0n) is 31.7. The molecular weight excluding hydrogens is 710 g/mol. The van der Waals surface area contributed by atoms with Crippen LogP contribution >= 0.6 is 0 Å². The Morgan fingerprint density at radius 2 is 1.34 bits per heavy atom. The Bertz CT molecular complexity index is 1410. The average Bonchev–Trinajstić information content (AvgIpc) is 3.08. The summed E-state index contributed by atoms with van der Waals surface area (Å²) in [5.74, 6) is 2.87. The first-order valence-electron chi connectivity index (χ1n) is 20.6. The minimum atomic E-state index is -5.73. The van der Waals surface area contributed by atoms with Gasteiger partial charge in [0.2, 0.25) is 0 Å². The van der Waals surface area contributed by atoms with Crippen LogP contribution in [0.5, 0.6) is 0 Å². The molecule has 0 aromatic carbocycles. The largest absolute Gasteiger partial charge is 0.464 e. The molecule has 1 saturated heterocycles. The lowest BCUT2D eigenvalue weighted by Crippen LogP contribution is -2.53. The Hall–Kier alpha value is -1.41. The minimum Gasteiger partial charge on any atom is -0.464 e. The standard InChI is InChI=1S/C40H62F2O10S/c1-26-9-30-12-31(10-26)14-32(13-30)20-48-21-37(24-51-35(43)38-7-3-5-28(17-38)11-27(2)16-38)22-49-34(50-23-37)33-15-29-6-4-8-39(18-29,19-33)36(44)52-25-40(41,42)53(45,46)47/h26-34H,3-25H2,1-2H3,(H,45,46,47). The smallest absolute Gasteiger partial charge is 0.402 e. The zero-order valence-corrected chi connectivity index (χ0v) is 32.6. The van der Waals surface area contributed by atoms with Crippen LogP contribution in [0.1, 0.15) is 123 Å². The van der Waals surface area contributed by atoms with Crippen molar-refractivity contribution < 1.29 is 55.0 Å². The van der Waals surface area contributed by atoms with Crippen LogP contribution in [-0.2, 0) is 43.4 Å². The number of hydrogen-bond donors (Lipinski definition) is 1. The van der Waals surface area contributed by atoms with Gasteiger partial charge >= 0.3 is 27.3 Å². The second kappa shape index (κ2) is 15.5. The SMILES string of the molecule is CC1CC2CC(COCC3(COC(=O)C45CCCC(CC(C)C4)C5)COC(C4CC5CCCC(C(=O)OCC(F)(F)S(=O)(=O)O)(C5)C4)OC3)CC(C1)C2. The molecule has 0 aromatic heterocycles. The topological polar surface area (TPSA) is 135 Å². The lowest BCUT2D eigenvalue weighted by molar-refractivity contribution is -0.276. The average molecular weight is 773 g/mol. The molecular formula is C40H62F2O10S. The van der Waals surface area contributed by atoms with Crippen molar-refractivity contribution in [2.75, 3.05) is 39.6 Å². The summed E-state index contributed by atoms with van der Waals surface area (Å²) in [6.45, 7) is 4.53. The van der Waals surface area contributed by atoms with Crippen LogP contribution in [0, 0.1) is 63.6 Å². The number of esters is 2. The molecule has 0 spiro atoms. The number of alkyl halides is 2. The first kappa shape index (κ1) is 39.8. The highest BCUT2D eigenvalue weighted by Crippen LogP contribution is 2.55. The van der Waals surface area contributed by atoms with Crippen molar-refractivity contribution in [3.8, 4) is 0 Å². The summed E-state index contributed by atoms with van der Waals surface area (Å²) in [4.78, 5) is 27.3. The quantitative estimate of drug-likeness (QED) is 0.156. The van der Waals surface area contributed by atoms with Gasteiger partial charge in [-0.05, 0) is 125 Å². The molecule has 302 valence electrons. The van der Waals surface area contributed by atoms with Gasteiger partial charge in [-0.2, -0.15) is 17.2 Å². The second-order valence-electron chi connectivity index (χ2n) is 19.4. The van der Waals surface area contributed by atoms with E-state index in [0.29, 0.717) is 50.2 Å². The van der Waals surface area contributed by atoms with E-state index in [9.17, 15) is 26.8 Å². The summed E-state index contributed by atoms with van der Waals surface area (Å²) in [6, 6.07) is 0. The van der Waals surface area contributed by atoms with Gasteiger partial charge in [0.05, 0.1) is 36.1 Å². The molecule has 1 heterocycles. The van der Waals surface area contributed by atoms with E-state index in [1.165, 1.54) is 44.9 Å². The summed E-state index contributed by atoms with van der Waals surface area (Å²) >= 11 is 0. The van der Waals surface area contributed by atoms with Crippen LogP contribution in [0.25, 0.3) is 0 Å². The van der Waals surface area contributed by atoms with Gasteiger partial charge in [-0.25, -0.2) is 0 Å². The molecule has 10 nitrogen and oxygen atoms in total. The Labute approximate surface area is 314 Å². The molecule has 7 fully saturated rings. The molecule has 7 aliphatic rings. The summed E-state index contributed by atoms with van der Waals surface area (Å²) < 4.78 is 89.8. The van der Waals surface area contributed by atoms with Crippen molar-refractivity contribution in [1.29, 1.82) is 0 Å². The number of ether oxygens (including phenoxy) is 5. The highest BCUT2D eigenvalue weighted by atomic mass is 32.2. The van der Waals surface area contributed by atoms with Gasteiger partial charge < -0.3 is 23.7 Å². The van der Waals surface area contributed by atoms with E-state index in [-0.39, 0.29) is 37.6 Å². The fourth-order valence-electron chi connectivity index (χ4n) is 12.6. The second-order valence-corrected chi connectivity index (χ2v) is 20.9. The highest BCUT2D eigenvalue weighted by Gasteiger charge is 2.55. The van der Waals surface area contributed by atoms with Crippen molar-refractivity contribution in [3.63, 3.8) is 0 Å². The number of carbonyl (C=O) groups is 2. The number of carbonyl (C=O) groups excluding carboxylic acids is 2. The predicted molar refractivity (Wildman–Crippen MR) is 190 cm³/mol. The Balaban J connectivity index is 1.00. The van der Waals surface area contributed by atoms with Crippen LogP contribution in [0.15, 0.2) is 0 Å². The number of halogens is 2. The monoisotopic (exact) mass is 772 g/mol. The van der Waals surface area contributed by atoms with Crippen LogP contribution in [0.2, 0.25) is 0 Å². The fourth-order valence-corrected chi connectivity index (χ4v) is 12.8. The van der Waals surface area contributed by atoms with Gasteiger partial charge in [0.15, 0.2) is 12.9 Å². The molecule has 8 atom stereocenters. The molecule has 6 aliphatic carbocycles. The van der Waals surface area contributed by atoms with Crippen LogP contribution < -0.4 is 0 Å². The van der Waals surface area contributed by atoms with Gasteiger partial charge in [0.25, 0.3) is 0 Å². The van der Waals surface area contributed by atoms with E-state index >= 15 is 0 Å². The van der Waals surface area contributed by atoms with E-state index in [1.54, 1.807) is 0 Å². The lowest BCUT2D eigenvalue weighted by atomic mass is 9.58. The van der Waals surface area contributed by atoms with Crippen molar-refractivity contribution in [3.05, 3.63) is 0 Å². The molecule has 0 amide bonds. The summed E-state index contributed by atoms with van der Waals surface area (Å²) in [5.41, 5.74) is -2.18. The Morgan fingerprint density at radius 1 is 0.755 bits per heavy atom. The molecule has 13 heteroatoms. The maximum absolute atomic E-state index is 14.0. The number of hydrogen-bond acceptors (Lipinski definition) is 9. The first-order chi connectivity index (χ1) is 25.1. The van der Waals surface area contributed by atoms with Gasteiger partial charge in [-0.1, -0.05) is 39.5 Å². The molecule has 0 aromatic rings. The molecule has 1 N–H and O–H groups in total. The van der Waals surface area contributed by atoms with Crippen molar-refractivity contribution in [2.45, 2.75) is 135 Å². The Morgan fingerprint density at radius 3 is 1.98 bits per heavy atom. The predicted octanol–water partition coefficient (Wildman–Crippen LogP) is 7.58. The molecule has 1 aliphatic heterocycles. The minimum absolute atomic E-state index is 0.107. The fraction of sp³-hybridized carbons (Fsp3) is 0.950. The maximum atomic E-state index is 14.0. The van der Waals surface area contributed by atoms with E-state index in [1.807, 2.05) is 0 Å². The van der Waals surface area contributed by atoms with Crippen LogP contribution in [0.3, 0.4) is 0 Å². The van der Waals surface area contributed by atoms with Gasteiger partial charge in [-0.15, -0.1) is 0 Å². The molecule has 6 bridgehead atoms. The number of rotatable bonds is 12. The molecule has 6 saturated carbocycles. The third-order valence-corrected chi connectivity index (χ3v) is 15.4. The highest BCUT2D eigenvalue weighted by molar-refractivity contribution is 7.86. The molecule has 53 heavy (non-hydrogen) atoms. The van der Waals surface area contributed by atoms with E-state index in [4.69, 9.17) is 28.2 Å². The third-order valence-electron chi connectivity index (χ3n) is 14.5. The van der Waals surface area contributed by atoms with Gasteiger partial charge in [0.1, 0.15) is 6.61 Å². The van der Waals surface area contributed by atoms with Crippen LogP contribution in [-0.4, -0.2) is 76.1 Å². The summed E-state index contributed by atoms with van der Waals surface area (Å²) in [5, 5.41) is -4.59. The van der Waals surface area contributed by atoms with Gasteiger partial charge in [0, 0.05) is 12.5 Å². The molecule has 0 radical (unpaired) electrons. The maximum Gasteiger partial charge on any atom is 0.402 e. The van der Waals surface area contributed by atoms with E-state index in [2.05, 4.69) is 13.8 Å². The third kappa shape index (κ3) is 8.79. The van der Waals surface area contributed by atoms with Crippen molar-refractivity contribution >= 4 is 22.1 Å². The zero-order chi connectivity index (χ0) is 37.6. The Kier molecular flexibility index (Phi) is 11.6. The lowest BCUT2D eigenvalue weighted by Gasteiger charge is -2.50. The van der Waals surface area contributed by atoms with Crippen molar-refractivity contribution in [1.82, 2.24) is 0 Å². The summed E-state index contributed by atoms with van der Waals surface area (Å²) in [6.07, 6.45) is 15.2. The van der Waals surface area contributed by atoms with Crippen LogP contribution in [0.4, 0.5) is 8.78 Å².